The number of piperidine rings is 1. The third-order valence-electron chi connectivity index (χ3n) is 4.16. The first-order valence-corrected chi connectivity index (χ1v) is 5.90. The van der Waals surface area contributed by atoms with Gasteiger partial charge in [0.05, 0.1) is 18.8 Å². The third kappa shape index (κ3) is 1.38. The Balaban J connectivity index is 1.77. The van der Waals surface area contributed by atoms with E-state index in [0.29, 0.717) is 30.7 Å². The second kappa shape index (κ2) is 3.47. The largest absolute Gasteiger partial charge is 0.389 e. The highest BCUT2D eigenvalue weighted by Crippen LogP contribution is 2.36. The Morgan fingerprint density at radius 1 is 1.14 bits per heavy atom. The third-order valence-corrected chi connectivity index (χ3v) is 4.16. The number of ether oxygens (including phenoxy) is 1. The summed E-state index contributed by atoms with van der Waals surface area (Å²) in [6.45, 7) is 0.533. The van der Waals surface area contributed by atoms with Gasteiger partial charge in [-0.05, 0) is 19.3 Å². The standard InChI is InChI=1S/C11H19NO2/c13-10-6-14-11-5-9(10)12-8-4-2-1-3-7(8)11/h7-13H,1-6H2/t7?,8?,9-,10+,11-/m0/s1. The predicted octanol–water partition coefficient (Wildman–Crippen LogP) is 0.667. The fourth-order valence-corrected chi connectivity index (χ4v) is 3.38. The topological polar surface area (TPSA) is 41.5 Å². The van der Waals surface area contributed by atoms with Crippen molar-refractivity contribution in [3.63, 3.8) is 0 Å². The molecule has 1 aliphatic carbocycles. The zero-order chi connectivity index (χ0) is 9.54. The summed E-state index contributed by atoms with van der Waals surface area (Å²) in [4.78, 5) is 0. The van der Waals surface area contributed by atoms with Crippen LogP contribution in [0.5, 0.6) is 0 Å². The van der Waals surface area contributed by atoms with Crippen LogP contribution in [0.1, 0.15) is 32.1 Å². The first-order chi connectivity index (χ1) is 6.84. The fourth-order valence-electron chi connectivity index (χ4n) is 3.38. The molecule has 14 heavy (non-hydrogen) atoms. The molecule has 3 heteroatoms. The highest BCUT2D eigenvalue weighted by atomic mass is 16.5. The summed E-state index contributed by atoms with van der Waals surface area (Å²) in [7, 11) is 0. The van der Waals surface area contributed by atoms with Crippen molar-refractivity contribution in [2.45, 2.75) is 56.4 Å². The lowest BCUT2D eigenvalue weighted by Gasteiger charge is -2.49. The molecule has 3 aliphatic rings. The molecule has 3 nitrogen and oxygen atoms in total. The van der Waals surface area contributed by atoms with Gasteiger partial charge in [-0.2, -0.15) is 0 Å². The average molecular weight is 197 g/mol. The van der Waals surface area contributed by atoms with Gasteiger partial charge in [-0.15, -0.1) is 0 Å². The van der Waals surface area contributed by atoms with E-state index in [9.17, 15) is 5.11 Å². The van der Waals surface area contributed by atoms with E-state index in [-0.39, 0.29) is 6.10 Å². The summed E-state index contributed by atoms with van der Waals surface area (Å²) in [5.41, 5.74) is 0. The van der Waals surface area contributed by atoms with E-state index in [1.165, 1.54) is 25.7 Å². The second-order valence-electron chi connectivity index (χ2n) is 5.00. The maximum absolute atomic E-state index is 9.72. The summed E-state index contributed by atoms with van der Waals surface area (Å²) in [6.07, 6.45) is 6.44. The lowest BCUT2D eigenvalue weighted by Crippen LogP contribution is -2.63. The number of rotatable bonds is 0. The van der Waals surface area contributed by atoms with Crippen LogP contribution in [-0.4, -0.2) is 36.0 Å². The van der Waals surface area contributed by atoms with Crippen molar-refractivity contribution in [1.29, 1.82) is 0 Å². The molecule has 80 valence electrons. The number of hydrogen-bond donors (Lipinski definition) is 2. The smallest absolute Gasteiger partial charge is 0.0927 e. The molecule has 0 radical (unpaired) electrons. The van der Waals surface area contributed by atoms with E-state index in [1.807, 2.05) is 0 Å². The Morgan fingerprint density at radius 2 is 2.00 bits per heavy atom. The maximum atomic E-state index is 9.72. The minimum atomic E-state index is -0.283. The van der Waals surface area contributed by atoms with Crippen LogP contribution >= 0.6 is 0 Å². The Bertz CT molecular complexity index is 219. The number of nitrogens with one attached hydrogen (secondary N) is 1. The average Bonchev–Trinajstić information content (AvgIpc) is 2.24. The number of aliphatic hydroxyl groups excluding tert-OH is 1. The zero-order valence-corrected chi connectivity index (χ0v) is 8.48. The van der Waals surface area contributed by atoms with Gasteiger partial charge >= 0.3 is 0 Å². The van der Waals surface area contributed by atoms with Crippen molar-refractivity contribution in [3.8, 4) is 0 Å². The monoisotopic (exact) mass is 197 g/mol. The molecule has 2 aliphatic heterocycles. The first kappa shape index (κ1) is 9.13. The van der Waals surface area contributed by atoms with Gasteiger partial charge in [-0.25, -0.2) is 0 Å². The van der Waals surface area contributed by atoms with Crippen LogP contribution < -0.4 is 5.32 Å². The van der Waals surface area contributed by atoms with Gasteiger partial charge in [0.2, 0.25) is 0 Å². The van der Waals surface area contributed by atoms with E-state index < -0.39 is 0 Å². The van der Waals surface area contributed by atoms with Crippen molar-refractivity contribution in [1.82, 2.24) is 5.32 Å². The number of aliphatic hydroxyl groups is 1. The minimum absolute atomic E-state index is 0.283. The van der Waals surface area contributed by atoms with Crippen molar-refractivity contribution in [2.75, 3.05) is 6.61 Å². The molecule has 0 aromatic heterocycles. The highest BCUT2D eigenvalue weighted by Gasteiger charge is 2.44. The Kier molecular flexibility index (Phi) is 2.26. The molecule has 2 saturated heterocycles. The van der Waals surface area contributed by atoms with E-state index >= 15 is 0 Å². The van der Waals surface area contributed by atoms with E-state index in [4.69, 9.17) is 4.74 Å². The SMILES string of the molecule is O[C@@H]1CO[C@H]2C[C@@H]1NC1CCCCC12. The quantitative estimate of drug-likeness (QED) is 0.599. The molecule has 0 aromatic carbocycles. The first-order valence-electron chi connectivity index (χ1n) is 5.90. The van der Waals surface area contributed by atoms with E-state index in [0.717, 1.165) is 6.42 Å². The molecule has 5 atom stereocenters. The molecular formula is C11H19NO2. The molecule has 3 fully saturated rings. The number of fused-ring (bicyclic) bond motifs is 4. The lowest BCUT2D eigenvalue weighted by atomic mass is 9.74. The summed E-state index contributed by atoms with van der Waals surface area (Å²) >= 11 is 0. The summed E-state index contributed by atoms with van der Waals surface area (Å²) in [5.74, 6) is 0.715. The van der Waals surface area contributed by atoms with Gasteiger partial charge in [-0.3, -0.25) is 0 Å². The molecule has 2 N–H and O–H groups in total. The summed E-state index contributed by atoms with van der Waals surface area (Å²) in [6, 6.07) is 0.913. The van der Waals surface area contributed by atoms with Crippen LogP contribution in [-0.2, 0) is 4.74 Å². The van der Waals surface area contributed by atoms with Gasteiger partial charge < -0.3 is 15.2 Å². The van der Waals surface area contributed by atoms with Gasteiger partial charge in [0.1, 0.15) is 0 Å². The molecule has 0 aromatic rings. The zero-order valence-electron chi connectivity index (χ0n) is 8.48. The summed E-state index contributed by atoms with van der Waals surface area (Å²) < 4.78 is 5.74. The molecule has 2 bridgehead atoms. The van der Waals surface area contributed by atoms with E-state index in [1.54, 1.807) is 0 Å². The molecule has 0 amide bonds. The van der Waals surface area contributed by atoms with Gasteiger partial charge in [0.15, 0.2) is 0 Å². The fraction of sp³-hybridized carbons (Fsp3) is 1.00. The van der Waals surface area contributed by atoms with Gasteiger partial charge in [0.25, 0.3) is 0 Å². The number of hydrogen-bond acceptors (Lipinski definition) is 3. The van der Waals surface area contributed by atoms with Gasteiger partial charge in [0, 0.05) is 18.0 Å². The lowest BCUT2D eigenvalue weighted by molar-refractivity contribution is -0.132. The van der Waals surface area contributed by atoms with Crippen LogP contribution in [0.3, 0.4) is 0 Å². The second-order valence-corrected chi connectivity index (χ2v) is 5.00. The maximum Gasteiger partial charge on any atom is 0.0927 e. The molecule has 0 spiro atoms. The predicted molar refractivity (Wildman–Crippen MR) is 53.0 cm³/mol. The van der Waals surface area contributed by atoms with Crippen molar-refractivity contribution >= 4 is 0 Å². The highest BCUT2D eigenvalue weighted by molar-refractivity contribution is 4.99. The molecule has 2 heterocycles. The Labute approximate surface area is 84.8 Å². The van der Waals surface area contributed by atoms with Crippen LogP contribution in [0.4, 0.5) is 0 Å². The van der Waals surface area contributed by atoms with Crippen LogP contribution in [0, 0.1) is 5.92 Å². The van der Waals surface area contributed by atoms with Crippen LogP contribution in [0.15, 0.2) is 0 Å². The van der Waals surface area contributed by atoms with Crippen molar-refractivity contribution in [3.05, 3.63) is 0 Å². The van der Waals surface area contributed by atoms with E-state index in [2.05, 4.69) is 5.32 Å². The van der Waals surface area contributed by atoms with Crippen LogP contribution in [0.25, 0.3) is 0 Å². The van der Waals surface area contributed by atoms with Crippen molar-refractivity contribution < 1.29 is 9.84 Å². The summed E-state index contributed by atoms with van der Waals surface area (Å²) in [5, 5.41) is 13.3. The van der Waals surface area contributed by atoms with Gasteiger partial charge in [-0.1, -0.05) is 12.8 Å². The molecule has 1 saturated carbocycles. The Hall–Kier alpha value is -0.120. The molecular weight excluding hydrogens is 178 g/mol. The molecule has 2 unspecified atom stereocenters. The normalized spacial score (nSPS) is 52.5. The van der Waals surface area contributed by atoms with Crippen molar-refractivity contribution in [2.24, 2.45) is 5.92 Å². The molecule has 3 rings (SSSR count). The minimum Gasteiger partial charge on any atom is -0.389 e. The van der Waals surface area contributed by atoms with Crippen LogP contribution in [0.2, 0.25) is 0 Å². The Morgan fingerprint density at radius 3 is 2.93 bits per heavy atom.